The summed E-state index contributed by atoms with van der Waals surface area (Å²) < 4.78 is 11.4. The highest BCUT2D eigenvalue weighted by atomic mass is 16.5. The second kappa shape index (κ2) is 8.81. The quantitative estimate of drug-likeness (QED) is 0.384. The van der Waals surface area contributed by atoms with Crippen molar-refractivity contribution >= 4 is 5.97 Å². The van der Waals surface area contributed by atoms with Crippen molar-refractivity contribution in [3.8, 4) is 11.5 Å². The summed E-state index contributed by atoms with van der Waals surface area (Å²) in [6.07, 6.45) is 1.94. The second-order valence-corrected chi connectivity index (χ2v) is 8.64. The zero-order valence-electron chi connectivity index (χ0n) is 18.3. The van der Waals surface area contributed by atoms with Crippen molar-refractivity contribution in [2.24, 2.45) is 5.41 Å². The molecule has 0 saturated heterocycles. The number of esters is 1. The highest BCUT2D eigenvalue weighted by Gasteiger charge is 2.28. The molecule has 3 heteroatoms. The van der Waals surface area contributed by atoms with Gasteiger partial charge in [0.05, 0.1) is 11.5 Å². The van der Waals surface area contributed by atoms with Crippen molar-refractivity contribution in [1.29, 1.82) is 0 Å². The molecule has 2 aromatic rings. The maximum atomic E-state index is 12.3. The molecule has 0 aromatic heterocycles. The summed E-state index contributed by atoms with van der Waals surface area (Å²) in [6.45, 7) is 14.4. The first-order chi connectivity index (χ1) is 13.1. The Morgan fingerprint density at radius 1 is 0.857 bits per heavy atom. The summed E-state index contributed by atoms with van der Waals surface area (Å²) in [5, 5.41) is 0. The molecular formula is C25H34O3. The lowest BCUT2D eigenvalue weighted by Gasteiger charge is -2.27. The molecule has 3 nitrogen and oxygen atoms in total. The van der Waals surface area contributed by atoms with E-state index in [1.165, 1.54) is 5.56 Å². The van der Waals surface area contributed by atoms with Crippen LogP contribution in [0.2, 0.25) is 0 Å². The summed E-state index contributed by atoms with van der Waals surface area (Å²) in [6, 6.07) is 16.1. The first-order valence-electron chi connectivity index (χ1n) is 10.2. The third kappa shape index (κ3) is 5.15. The maximum Gasteiger partial charge on any atom is 0.316 e. The van der Waals surface area contributed by atoms with Crippen LogP contribution in [0.5, 0.6) is 11.5 Å². The van der Waals surface area contributed by atoms with Gasteiger partial charge in [-0.2, -0.15) is 0 Å². The molecule has 2 aromatic carbocycles. The van der Waals surface area contributed by atoms with E-state index in [0.29, 0.717) is 5.75 Å². The van der Waals surface area contributed by atoms with E-state index >= 15 is 0 Å². The van der Waals surface area contributed by atoms with Crippen LogP contribution >= 0.6 is 0 Å². The van der Waals surface area contributed by atoms with Crippen molar-refractivity contribution in [3.63, 3.8) is 0 Å². The van der Waals surface area contributed by atoms with Crippen LogP contribution in [-0.2, 0) is 10.2 Å². The fraction of sp³-hybridized carbons (Fsp3) is 0.480. The van der Waals surface area contributed by atoms with Crippen LogP contribution in [0.4, 0.5) is 0 Å². The van der Waals surface area contributed by atoms with Crippen molar-refractivity contribution in [1.82, 2.24) is 0 Å². The Bertz CT molecular complexity index is 770. The van der Waals surface area contributed by atoms with Gasteiger partial charge in [0.15, 0.2) is 0 Å². The van der Waals surface area contributed by atoms with Crippen LogP contribution in [0.15, 0.2) is 48.5 Å². The lowest BCUT2D eigenvalue weighted by atomic mass is 9.78. The van der Waals surface area contributed by atoms with Gasteiger partial charge in [-0.25, -0.2) is 0 Å². The van der Waals surface area contributed by atoms with Gasteiger partial charge in [0.25, 0.3) is 0 Å². The molecule has 0 fully saturated rings. The molecule has 0 aliphatic carbocycles. The largest absolute Gasteiger partial charge is 0.491 e. The lowest BCUT2D eigenvalue weighted by Crippen LogP contribution is -2.28. The van der Waals surface area contributed by atoms with E-state index in [1.807, 2.05) is 57.2 Å². The summed E-state index contributed by atoms with van der Waals surface area (Å²) in [5.41, 5.74) is 1.73. The van der Waals surface area contributed by atoms with E-state index in [9.17, 15) is 4.79 Å². The van der Waals surface area contributed by atoms with E-state index in [0.717, 1.165) is 24.2 Å². The van der Waals surface area contributed by atoms with E-state index in [-0.39, 0.29) is 17.5 Å². The highest BCUT2D eigenvalue weighted by molar-refractivity contribution is 5.78. The van der Waals surface area contributed by atoms with Gasteiger partial charge in [-0.15, -0.1) is 0 Å². The van der Waals surface area contributed by atoms with Crippen molar-refractivity contribution in [2.75, 3.05) is 0 Å². The van der Waals surface area contributed by atoms with Gasteiger partial charge in [-0.3, -0.25) is 4.79 Å². The van der Waals surface area contributed by atoms with Crippen LogP contribution in [0.3, 0.4) is 0 Å². The number of carbonyl (C=O) groups is 1. The Morgan fingerprint density at radius 3 is 1.75 bits per heavy atom. The van der Waals surface area contributed by atoms with Gasteiger partial charge in [-0.05, 0) is 69.0 Å². The molecule has 0 aliphatic rings. The summed E-state index contributed by atoms with van der Waals surface area (Å²) in [4.78, 5) is 12.3. The molecular weight excluding hydrogens is 348 g/mol. The zero-order valence-corrected chi connectivity index (χ0v) is 18.3. The molecule has 152 valence electrons. The second-order valence-electron chi connectivity index (χ2n) is 8.64. The van der Waals surface area contributed by atoms with E-state index in [4.69, 9.17) is 9.47 Å². The molecule has 0 amide bonds. The molecule has 0 heterocycles. The monoisotopic (exact) mass is 382 g/mol. The fourth-order valence-electron chi connectivity index (χ4n) is 2.76. The fourth-order valence-corrected chi connectivity index (χ4v) is 2.76. The van der Waals surface area contributed by atoms with Gasteiger partial charge in [-0.1, -0.05) is 52.0 Å². The van der Waals surface area contributed by atoms with Crippen LogP contribution in [0, 0.1) is 5.41 Å². The molecule has 1 atom stereocenters. The zero-order chi connectivity index (χ0) is 20.9. The van der Waals surface area contributed by atoms with Crippen molar-refractivity contribution in [3.05, 3.63) is 59.7 Å². The Balaban J connectivity index is 2.14. The molecule has 28 heavy (non-hydrogen) atoms. The summed E-state index contributed by atoms with van der Waals surface area (Å²) in [7, 11) is 0. The number of benzene rings is 2. The van der Waals surface area contributed by atoms with Crippen LogP contribution in [-0.4, -0.2) is 12.1 Å². The predicted octanol–water partition coefficient (Wildman–Crippen LogP) is 6.53. The molecule has 0 saturated carbocycles. The predicted molar refractivity (Wildman–Crippen MR) is 115 cm³/mol. The number of rotatable bonds is 8. The van der Waals surface area contributed by atoms with Gasteiger partial charge < -0.3 is 9.47 Å². The smallest absolute Gasteiger partial charge is 0.316 e. The minimum Gasteiger partial charge on any atom is -0.491 e. The average Bonchev–Trinajstić information content (AvgIpc) is 2.68. The number of ether oxygens (including phenoxy) is 2. The summed E-state index contributed by atoms with van der Waals surface area (Å²) in [5.74, 6) is 1.29. The Hall–Kier alpha value is -2.29. The molecule has 0 aliphatic heterocycles. The molecule has 0 N–H and O–H groups in total. The van der Waals surface area contributed by atoms with Crippen molar-refractivity contribution in [2.45, 2.75) is 72.8 Å². The number of hydrogen-bond acceptors (Lipinski definition) is 3. The summed E-state index contributed by atoms with van der Waals surface area (Å²) >= 11 is 0. The normalized spacial score (nSPS) is 13.1. The van der Waals surface area contributed by atoms with E-state index in [2.05, 4.69) is 39.8 Å². The SMILES string of the molecule is CCC(C)Oc1ccc(C(C)(C)c2ccc(OC(=O)C(C)(C)CC)cc2)cc1. The average molecular weight is 383 g/mol. The van der Waals surface area contributed by atoms with Crippen molar-refractivity contribution < 1.29 is 14.3 Å². The van der Waals surface area contributed by atoms with Crippen LogP contribution < -0.4 is 9.47 Å². The van der Waals surface area contributed by atoms with Crippen LogP contribution in [0.25, 0.3) is 0 Å². The topological polar surface area (TPSA) is 35.5 Å². The Morgan fingerprint density at radius 2 is 1.32 bits per heavy atom. The lowest BCUT2D eigenvalue weighted by molar-refractivity contribution is -0.144. The van der Waals surface area contributed by atoms with Gasteiger partial charge in [0.1, 0.15) is 11.5 Å². The van der Waals surface area contributed by atoms with Gasteiger partial charge in [0, 0.05) is 5.41 Å². The first-order valence-corrected chi connectivity index (χ1v) is 10.2. The molecule has 0 spiro atoms. The van der Waals surface area contributed by atoms with Crippen LogP contribution in [0.1, 0.15) is 72.4 Å². The van der Waals surface area contributed by atoms with E-state index in [1.54, 1.807) is 0 Å². The standard InChI is InChI=1S/C25H34O3/c1-8-18(3)27-21-14-10-19(11-15-21)25(6,7)20-12-16-22(17-13-20)28-23(26)24(4,5)9-2/h10-18H,8-9H2,1-7H3. The maximum absolute atomic E-state index is 12.3. The van der Waals surface area contributed by atoms with E-state index < -0.39 is 5.41 Å². The molecule has 2 rings (SSSR count). The third-order valence-corrected chi connectivity index (χ3v) is 5.71. The minimum absolute atomic E-state index is 0.167. The molecule has 0 radical (unpaired) electrons. The molecule has 0 bridgehead atoms. The number of hydrogen-bond donors (Lipinski definition) is 0. The van der Waals surface area contributed by atoms with Gasteiger partial charge >= 0.3 is 5.97 Å². The third-order valence-electron chi connectivity index (χ3n) is 5.71. The number of carbonyl (C=O) groups excluding carboxylic acids is 1. The minimum atomic E-state index is -0.475. The van der Waals surface area contributed by atoms with Gasteiger partial charge in [0.2, 0.25) is 0 Å². The Labute approximate surface area is 170 Å². The first kappa shape index (κ1) is 22.0. The highest BCUT2D eigenvalue weighted by Crippen LogP contribution is 2.34. The molecule has 1 unspecified atom stereocenters. The Kier molecular flexibility index (Phi) is 6.92.